The molecule has 0 spiro atoms. The fourth-order valence-corrected chi connectivity index (χ4v) is 2.42. The molecule has 3 rings (SSSR count). The average Bonchev–Trinajstić information content (AvgIpc) is 2.96. The monoisotopic (exact) mass is 294 g/mol. The number of carbonyl (C=O) groups is 1. The first-order valence-electron chi connectivity index (χ1n) is 7.16. The molecule has 2 N–H and O–H groups in total. The summed E-state index contributed by atoms with van der Waals surface area (Å²) in [6.07, 6.45) is 0. The Labute approximate surface area is 129 Å². The van der Waals surface area contributed by atoms with Crippen LogP contribution in [0.1, 0.15) is 21.6 Å². The fraction of sp³-hybridized carbons (Fsp3) is 0.167. The number of aryl methyl sites for hydroxylation is 1. The number of rotatable bonds is 4. The van der Waals surface area contributed by atoms with Gasteiger partial charge in [-0.1, -0.05) is 24.3 Å². The molecule has 0 bridgehead atoms. The lowest BCUT2D eigenvalue weighted by molar-refractivity contribution is 0.0946. The second-order valence-electron chi connectivity index (χ2n) is 5.31. The summed E-state index contributed by atoms with van der Waals surface area (Å²) in [6.45, 7) is 2.49. The summed E-state index contributed by atoms with van der Waals surface area (Å²) in [5.41, 5.74) is 3.72. The number of fused-ring (bicyclic) bond motifs is 1. The van der Waals surface area contributed by atoms with E-state index in [1.165, 1.54) is 0 Å². The summed E-state index contributed by atoms with van der Waals surface area (Å²) in [5.74, 6) is 0.671. The number of nitrogens with one attached hydrogen (secondary N) is 2. The van der Waals surface area contributed by atoms with Crippen LogP contribution in [0.3, 0.4) is 0 Å². The first-order valence-corrected chi connectivity index (χ1v) is 7.16. The lowest BCUT2D eigenvalue weighted by atomic mass is 10.2. The van der Waals surface area contributed by atoms with Gasteiger partial charge < -0.3 is 15.0 Å². The molecule has 0 aliphatic carbocycles. The Kier molecular flexibility index (Phi) is 3.83. The molecule has 0 atom stereocenters. The Morgan fingerprint density at radius 2 is 2.05 bits per heavy atom. The van der Waals surface area contributed by atoms with Crippen LogP contribution in [0, 0.1) is 6.92 Å². The molecule has 112 valence electrons. The van der Waals surface area contributed by atoms with Gasteiger partial charge in [0.2, 0.25) is 0 Å². The van der Waals surface area contributed by atoms with Crippen molar-refractivity contribution in [3.05, 3.63) is 65.4 Å². The van der Waals surface area contributed by atoms with E-state index in [0.717, 1.165) is 27.8 Å². The zero-order valence-corrected chi connectivity index (χ0v) is 12.6. The van der Waals surface area contributed by atoms with Gasteiger partial charge in [-0.2, -0.15) is 0 Å². The third-order valence-corrected chi connectivity index (χ3v) is 3.61. The highest BCUT2D eigenvalue weighted by Crippen LogP contribution is 2.17. The molecule has 4 nitrogen and oxygen atoms in total. The number of benzene rings is 2. The first-order chi connectivity index (χ1) is 10.7. The van der Waals surface area contributed by atoms with Crippen molar-refractivity contribution in [2.75, 3.05) is 7.11 Å². The van der Waals surface area contributed by atoms with E-state index in [-0.39, 0.29) is 5.91 Å². The van der Waals surface area contributed by atoms with Gasteiger partial charge in [-0.25, -0.2) is 0 Å². The van der Waals surface area contributed by atoms with E-state index in [0.29, 0.717) is 12.2 Å². The molecule has 0 saturated carbocycles. The molecular weight excluding hydrogens is 276 g/mol. The van der Waals surface area contributed by atoms with Crippen LogP contribution >= 0.6 is 0 Å². The standard InChI is InChI=1S/C18H18N2O2/c1-12-6-7-14-10-17(20-16(14)8-12)18(21)19-11-13-4-3-5-15(9-13)22-2/h3-10,20H,11H2,1-2H3,(H,19,21). The minimum absolute atomic E-state index is 0.114. The number of amides is 1. The minimum atomic E-state index is -0.114. The van der Waals surface area contributed by atoms with Crippen LogP contribution in [0.5, 0.6) is 5.75 Å². The Balaban J connectivity index is 1.72. The van der Waals surface area contributed by atoms with Gasteiger partial charge in [0.15, 0.2) is 0 Å². The molecule has 22 heavy (non-hydrogen) atoms. The highest BCUT2D eigenvalue weighted by atomic mass is 16.5. The average molecular weight is 294 g/mol. The molecule has 2 aromatic carbocycles. The van der Waals surface area contributed by atoms with Crippen LogP contribution < -0.4 is 10.1 Å². The molecule has 0 saturated heterocycles. The third-order valence-electron chi connectivity index (χ3n) is 3.61. The van der Waals surface area contributed by atoms with Gasteiger partial charge in [-0.3, -0.25) is 4.79 Å². The van der Waals surface area contributed by atoms with Crippen LogP contribution in [0.4, 0.5) is 0 Å². The fourth-order valence-electron chi connectivity index (χ4n) is 2.42. The molecule has 0 aliphatic rings. The molecule has 1 amide bonds. The van der Waals surface area contributed by atoms with E-state index in [2.05, 4.69) is 10.3 Å². The zero-order chi connectivity index (χ0) is 15.5. The van der Waals surface area contributed by atoms with Crippen LogP contribution in [0.15, 0.2) is 48.5 Å². The van der Waals surface area contributed by atoms with Gasteiger partial charge in [0.25, 0.3) is 5.91 Å². The van der Waals surface area contributed by atoms with Crippen molar-refractivity contribution in [2.24, 2.45) is 0 Å². The third kappa shape index (κ3) is 2.96. The maximum Gasteiger partial charge on any atom is 0.267 e. The molecular formula is C18H18N2O2. The number of H-pyrrole nitrogens is 1. The van der Waals surface area contributed by atoms with Crippen molar-refractivity contribution in [3.63, 3.8) is 0 Å². The molecule has 3 aromatic rings. The number of aromatic nitrogens is 1. The summed E-state index contributed by atoms with van der Waals surface area (Å²) in [4.78, 5) is 15.4. The Morgan fingerprint density at radius 3 is 2.86 bits per heavy atom. The van der Waals surface area contributed by atoms with Crippen LogP contribution in [0.2, 0.25) is 0 Å². The predicted octanol–water partition coefficient (Wildman–Crippen LogP) is 3.41. The van der Waals surface area contributed by atoms with Crippen LogP contribution in [-0.4, -0.2) is 18.0 Å². The second kappa shape index (κ2) is 5.93. The Hall–Kier alpha value is -2.75. The van der Waals surface area contributed by atoms with Gasteiger partial charge >= 0.3 is 0 Å². The normalized spacial score (nSPS) is 10.6. The van der Waals surface area contributed by atoms with E-state index < -0.39 is 0 Å². The van der Waals surface area contributed by atoms with E-state index in [4.69, 9.17) is 4.74 Å². The second-order valence-corrected chi connectivity index (χ2v) is 5.31. The number of methoxy groups -OCH3 is 1. The number of hydrogen-bond donors (Lipinski definition) is 2. The van der Waals surface area contributed by atoms with Crippen molar-refractivity contribution in [1.29, 1.82) is 0 Å². The summed E-state index contributed by atoms with van der Waals surface area (Å²) in [6, 6.07) is 15.6. The van der Waals surface area contributed by atoms with E-state index in [1.54, 1.807) is 7.11 Å². The molecule has 0 radical (unpaired) electrons. The van der Waals surface area contributed by atoms with Crippen LogP contribution in [0.25, 0.3) is 10.9 Å². The maximum absolute atomic E-state index is 12.3. The Morgan fingerprint density at radius 1 is 1.18 bits per heavy atom. The predicted molar refractivity (Wildman–Crippen MR) is 87.2 cm³/mol. The van der Waals surface area contributed by atoms with Crippen molar-refractivity contribution < 1.29 is 9.53 Å². The molecule has 4 heteroatoms. The van der Waals surface area contributed by atoms with Crippen molar-refractivity contribution in [1.82, 2.24) is 10.3 Å². The SMILES string of the molecule is COc1cccc(CNC(=O)c2cc3ccc(C)cc3[nH]2)c1. The Bertz CT molecular complexity index is 821. The summed E-state index contributed by atoms with van der Waals surface area (Å²) >= 11 is 0. The quantitative estimate of drug-likeness (QED) is 0.774. The number of hydrogen-bond acceptors (Lipinski definition) is 2. The minimum Gasteiger partial charge on any atom is -0.497 e. The van der Waals surface area contributed by atoms with E-state index in [9.17, 15) is 4.79 Å². The van der Waals surface area contributed by atoms with Gasteiger partial charge in [0.1, 0.15) is 11.4 Å². The van der Waals surface area contributed by atoms with Crippen molar-refractivity contribution in [3.8, 4) is 5.75 Å². The maximum atomic E-state index is 12.3. The summed E-state index contributed by atoms with van der Waals surface area (Å²) in [5, 5.41) is 3.96. The summed E-state index contributed by atoms with van der Waals surface area (Å²) in [7, 11) is 1.63. The number of ether oxygens (including phenoxy) is 1. The molecule has 1 heterocycles. The molecule has 0 fully saturated rings. The van der Waals surface area contributed by atoms with Gasteiger partial charge in [-0.05, 0) is 42.3 Å². The first kappa shape index (κ1) is 14.2. The van der Waals surface area contributed by atoms with Crippen molar-refractivity contribution in [2.45, 2.75) is 13.5 Å². The van der Waals surface area contributed by atoms with E-state index >= 15 is 0 Å². The number of carbonyl (C=O) groups excluding carboxylic acids is 1. The van der Waals surface area contributed by atoms with Gasteiger partial charge in [-0.15, -0.1) is 0 Å². The zero-order valence-electron chi connectivity index (χ0n) is 12.6. The lowest BCUT2D eigenvalue weighted by Crippen LogP contribution is -2.23. The highest BCUT2D eigenvalue weighted by molar-refractivity contribution is 5.98. The van der Waals surface area contributed by atoms with E-state index in [1.807, 2.05) is 55.5 Å². The lowest BCUT2D eigenvalue weighted by Gasteiger charge is -2.06. The number of aromatic amines is 1. The van der Waals surface area contributed by atoms with Gasteiger partial charge in [0.05, 0.1) is 7.11 Å². The molecule has 0 unspecified atom stereocenters. The van der Waals surface area contributed by atoms with Gasteiger partial charge in [0, 0.05) is 17.4 Å². The largest absolute Gasteiger partial charge is 0.497 e. The van der Waals surface area contributed by atoms with Crippen molar-refractivity contribution >= 4 is 16.8 Å². The summed E-state index contributed by atoms with van der Waals surface area (Å²) < 4.78 is 5.18. The smallest absolute Gasteiger partial charge is 0.267 e. The highest BCUT2D eigenvalue weighted by Gasteiger charge is 2.09. The topological polar surface area (TPSA) is 54.1 Å². The van der Waals surface area contributed by atoms with Crippen LogP contribution in [-0.2, 0) is 6.54 Å². The molecule has 0 aliphatic heterocycles. The molecule has 1 aromatic heterocycles.